The van der Waals surface area contributed by atoms with Crippen LogP contribution in [0.5, 0.6) is 5.75 Å². The lowest BCUT2D eigenvalue weighted by Gasteiger charge is -2.11. The van der Waals surface area contributed by atoms with Gasteiger partial charge in [0.25, 0.3) is 5.56 Å². The third-order valence-electron chi connectivity index (χ3n) is 2.99. The molecule has 6 heteroatoms. The lowest BCUT2D eigenvalue weighted by Crippen LogP contribution is -2.19. The van der Waals surface area contributed by atoms with Crippen LogP contribution in [0.1, 0.15) is 22.8 Å². The smallest absolute Gasteiger partial charge is 0.345 e. The fraction of sp³-hybridized carbons (Fsp3) is 0.143. The molecule has 0 saturated carbocycles. The fourth-order valence-corrected chi connectivity index (χ4v) is 2.16. The first-order valence-corrected chi connectivity index (χ1v) is 6.30. The van der Waals surface area contributed by atoms with Crippen LogP contribution in [0.4, 0.5) is 0 Å². The van der Waals surface area contributed by atoms with Gasteiger partial charge in [-0.2, -0.15) is 0 Å². The van der Waals surface area contributed by atoms with Crippen LogP contribution in [0.2, 0.25) is 5.02 Å². The number of nitrogens with one attached hydrogen (secondary N) is 1. The minimum absolute atomic E-state index is 0.376. The van der Waals surface area contributed by atoms with E-state index < -0.39 is 22.8 Å². The number of aromatic amines is 1. The molecular formula is C14H12ClNO4. The predicted octanol–water partition coefficient (Wildman–Crippen LogP) is 2.66. The molecule has 0 amide bonds. The Kier molecular flexibility index (Phi) is 3.81. The minimum atomic E-state index is -1.46. The Morgan fingerprint density at radius 2 is 1.90 bits per heavy atom. The third kappa shape index (κ3) is 2.40. The third-order valence-corrected chi connectivity index (χ3v) is 3.24. The highest BCUT2D eigenvalue weighted by atomic mass is 35.5. The number of halogens is 1. The van der Waals surface area contributed by atoms with Gasteiger partial charge < -0.3 is 15.2 Å². The van der Waals surface area contributed by atoms with Crippen molar-refractivity contribution in [2.24, 2.45) is 0 Å². The Bertz CT molecular complexity index is 719. The zero-order valence-electron chi connectivity index (χ0n) is 10.6. The SMILES string of the molecule is CCc1c(-c2ccc(Cl)cc2)[nH]c(=O)c(C(=O)O)c1O. The Morgan fingerprint density at radius 1 is 1.30 bits per heavy atom. The molecule has 0 radical (unpaired) electrons. The van der Waals surface area contributed by atoms with Crippen molar-refractivity contribution in [3.63, 3.8) is 0 Å². The van der Waals surface area contributed by atoms with Crippen molar-refractivity contribution in [1.29, 1.82) is 0 Å². The minimum Gasteiger partial charge on any atom is -0.506 e. The maximum Gasteiger partial charge on any atom is 0.345 e. The van der Waals surface area contributed by atoms with E-state index in [1.54, 1.807) is 31.2 Å². The van der Waals surface area contributed by atoms with Crippen molar-refractivity contribution in [3.05, 3.63) is 50.8 Å². The van der Waals surface area contributed by atoms with Crippen LogP contribution in [-0.4, -0.2) is 21.2 Å². The number of aromatic hydroxyl groups is 1. The lowest BCUT2D eigenvalue weighted by atomic mass is 10.0. The molecule has 0 spiro atoms. The number of aromatic nitrogens is 1. The van der Waals surface area contributed by atoms with Crippen LogP contribution < -0.4 is 5.56 Å². The molecule has 0 aliphatic heterocycles. The average Bonchev–Trinajstić information content (AvgIpc) is 2.38. The van der Waals surface area contributed by atoms with Crippen LogP contribution >= 0.6 is 11.6 Å². The summed E-state index contributed by atoms with van der Waals surface area (Å²) in [4.78, 5) is 25.3. The molecule has 0 bridgehead atoms. The van der Waals surface area contributed by atoms with Crippen molar-refractivity contribution in [1.82, 2.24) is 4.98 Å². The lowest BCUT2D eigenvalue weighted by molar-refractivity contribution is 0.0691. The summed E-state index contributed by atoms with van der Waals surface area (Å²) in [7, 11) is 0. The monoisotopic (exact) mass is 293 g/mol. The molecule has 1 heterocycles. The molecule has 3 N–H and O–H groups in total. The van der Waals surface area contributed by atoms with Crippen molar-refractivity contribution in [2.75, 3.05) is 0 Å². The molecule has 2 aromatic rings. The molecule has 20 heavy (non-hydrogen) atoms. The van der Waals surface area contributed by atoms with Gasteiger partial charge in [-0.15, -0.1) is 0 Å². The molecule has 0 aliphatic rings. The summed E-state index contributed by atoms with van der Waals surface area (Å²) in [6.07, 6.45) is 0.376. The Hall–Kier alpha value is -2.27. The van der Waals surface area contributed by atoms with E-state index in [1.807, 2.05) is 0 Å². The summed E-state index contributed by atoms with van der Waals surface area (Å²) < 4.78 is 0. The maximum absolute atomic E-state index is 11.8. The van der Waals surface area contributed by atoms with E-state index in [1.165, 1.54) is 0 Å². The van der Waals surface area contributed by atoms with Crippen LogP contribution in [-0.2, 0) is 6.42 Å². The largest absolute Gasteiger partial charge is 0.506 e. The molecule has 0 atom stereocenters. The van der Waals surface area contributed by atoms with Gasteiger partial charge in [0.05, 0.1) is 5.69 Å². The summed E-state index contributed by atoms with van der Waals surface area (Å²) in [5.74, 6) is -1.95. The van der Waals surface area contributed by atoms with E-state index in [9.17, 15) is 14.7 Å². The van der Waals surface area contributed by atoms with E-state index in [0.717, 1.165) is 0 Å². The van der Waals surface area contributed by atoms with E-state index in [-0.39, 0.29) is 0 Å². The summed E-state index contributed by atoms with van der Waals surface area (Å²) >= 11 is 5.80. The number of aromatic carboxylic acids is 1. The number of hydrogen-bond acceptors (Lipinski definition) is 3. The molecule has 1 aromatic carbocycles. The number of rotatable bonds is 3. The Balaban J connectivity index is 2.75. The van der Waals surface area contributed by atoms with E-state index >= 15 is 0 Å². The summed E-state index contributed by atoms with van der Waals surface area (Å²) in [5, 5.41) is 19.5. The molecule has 2 rings (SSSR count). The van der Waals surface area contributed by atoms with Crippen molar-refractivity contribution in [3.8, 4) is 17.0 Å². The van der Waals surface area contributed by atoms with Gasteiger partial charge in [0.2, 0.25) is 0 Å². The number of carboxylic acids is 1. The van der Waals surface area contributed by atoms with Crippen LogP contribution in [0, 0.1) is 0 Å². The first kappa shape index (κ1) is 14.1. The number of benzene rings is 1. The first-order chi connectivity index (χ1) is 9.45. The maximum atomic E-state index is 11.8. The van der Waals surface area contributed by atoms with Crippen LogP contribution in [0.3, 0.4) is 0 Å². The van der Waals surface area contributed by atoms with Gasteiger partial charge in [-0.3, -0.25) is 4.79 Å². The fourth-order valence-electron chi connectivity index (χ4n) is 2.03. The van der Waals surface area contributed by atoms with Crippen LogP contribution in [0.25, 0.3) is 11.3 Å². The number of carbonyl (C=O) groups is 1. The van der Waals surface area contributed by atoms with Crippen molar-refractivity contribution >= 4 is 17.6 Å². The molecular weight excluding hydrogens is 282 g/mol. The molecule has 1 aromatic heterocycles. The summed E-state index contributed by atoms with van der Waals surface area (Å²) in [6, 6.07) is 6.67. The van der Waals surface area contributed by atoms with Gasteiger partial charge in [-0.25, -0.2) is 4.79 Å². The van der Waals surface area contributed by atoms with Gasteiger partial charge in [-0.05, 0) is 24.1 Å². The molecule has 0 fully saturated rings. The van der Waals surface area contributed by atoms with E-state index in [0.29, 0.717) is 28.3 Å². The van der Waals surface area contributed by atoms with Crippen molar-refractivity contribution < 1.29 is 15.0 Å². The average molecular weight is 294 g/mol. The van der Waals surface area contributed by atoms with E-state index in [2.05, 4.69) is 4.98 Å². The van der Waals surface area contributed by atoms with Crippen molar-refractivity contribution in [2.45, 2.75) is 13.3 Å². The number of carboxylic acid groups (broad SMARTS) is 1. The van der Waals surface area contributed by atoms with Crippen LogP contribution in [0.15, 0.2) is 29.1 Å². The van der Waals surface area contributed by atoms with Gasteiger partial charge in [0.1, 0.15) is 5.75 Å². The van der Waals surface area contributed by atoms with E-state index in [4.69, 9.17) is 16.7 Å². The topological polar surface area (TPSA) is 90.4 Å². The Labute approximate surface area is 119 Å². The normalized spacial score (nSPS) is 10.5. The molecule has 0 unspecified atom stereocenters. The number of hydrogen-bond donors (Lipinski definition) is 3. The van der Waals surface area contributed by atoms with Gasteiger partial charge >= 0.3 is 5.97 Å². The molecule has 104 valence electrons. The van der Waals surface area contributed by atoms with Gasteiger partial charge in [-0.1, -0.05) is 30.7 Å². The molecule has 0 aliphatic carbocycles. The second-order valence-corrected chi connectivity index (χ2v) is 4.63. The standard InChI is InChI=1S/C14H12ClNO4/c1-2-9-11(7-3-5-8(15)6-4-7)16-13(18)10(12(9)17)14(19)20/h3-6H,2H2,1H3,(H,19,20)(H2,16,17,18). The van der Waals surface area contributed by atoms with Gasteiger partial charge in [0.15, 0.2) is 5.56 Å². The number of pyridine rings is 1. The molecule has 5 nitrogen and oxygen atoms in total. The highest BCUT2D eigenvalue weighted by Crippen LogP contribution is 2.30. The molecule has 0 saturated heterocycles. The first-order valence-electron chi connectivity index (χ1n) is 5.93. The summed E-state index contributed by atoms with van der Waals surface area (Å²) in [5.41, 5.74) is -0.0479. The zero-order valence-corrected chi connectivity index (χ0v) is 11.4. The highest BCUT2D eigenvalue weighted by molar-refractivity contribution is 6.30. The van der Waals surface area contributed by atoms with Gasteiger partial charge in [0, 0.05) is 10.6 Å². The highest BCUT2D eigenvalue weighted by Gasteiger charge is 2.21. The second-order valence-electron chi connectivity index (χ2n) is 4.20. The second kappa shape index (κ2) is 5.38. The quantitative estimate of drug-likeness (QED) is 0.811. The zero-order chi connectivity index (χ0) is 14.9. The predicted molar refractivity (Wildman–Crippen MR) is 75.5 cm³/mol. The number of H-pyrrole nitrogens is 1. The Morgan fingerprint density at radius 3 is 2.40 bits per heavy atom. The summed E-state index contributed by atoms with van der Waals surface area (Å²) in [6.45, 7) is 1.76.